The molecule has 0 amide bonds. The smallest absolute Gasteiger partial charge is 1.00 e. The third kappa shape index (κ3) is 29.7. The van der Waals surface area contributed by atoms with Gasteiger partial charge in [-0.15, -0.1) is 19.9 Å². The molecule has 0 bridgehead atoms. The Balaban J connectivity index is -0.0000000628. The van der Waals surface area contributed by atoms with Crippen molar-refractivity contribution in [2.24, 2.45) is 5.92 Å². The zero-order valence-electron chi connectivity index (χ0n) is 14.3. The van der Waals surface area contributed by atoms with Gasteiger partial charge in [0.25, 0.3) is 0 Å². The van der Waals surface area contributed by atoms with E-state index < -0.39 is 0 Å². The molecule has 0 aliphatic heterocycles. The second kappa shape index (κ2) is 29.2. The Labute approximate surface area is 167 Å². The van der Waals surface area contributed by atoms with E-state index in [0.717, 1.165) is 15.9 Å². The van der Waals surface area contributed by atoms with Crippen LogP contribution in [0.2, 0.25) is 13.1 Å². The molecule has 21 heavy (non-hydrogen) atoms. The third-order valence-electron chi connectivity index (χ3n) is 2.70. The number of unbranched alkanes of at least 4 members (excludes halogenated alkanes) is 1. The van der Waals surface area contributed by atoms with Crippen molar-refractivity contribution in [2.45, 2.75) is 66.0 Å². The molecule has 0 saturated heterocycles. The molecule has 1 aliphatic carbocycles. The van der Waals surface area contributed by atoms with Crippen LogP contribution >= 0.6 is 0 Å². The first kappa shape index (κ1) is 33.7. The van der Waals surface area contributed by atoms with Crippen molar-refractivity contribution in [1.29, 1.82) is 0 Å². The average Bonchev–Trinajstić information content (AvgIpc) is 2.84. The maximum atomic E-state index is 7.14. The van der Waals surface area contributed by atoms with Gasteiger partial charge in [0, 0.05) is 9.52 Å². The van der Waals surface area contributed by atoms with Gasteiger partial charge in [-0.1, -0.05) is 58.5 Å². The first-order valence-electron chi connectivity index (χ1n) is 7.28. The number of halogens is 2. The van der Waals surface area contributed by atoms with E-state index in [-0.39, 0.29) is 50.7 Å². The van der Waals surface area contributed by atoms with Crippen LogP contribution in [0.25, 0.3) is 5.73 Å². The molecule has 123 valence electrons. The van der Waals surface area contributed by atoms with Crippen LogP contribution in [-0.4, -0.2) is 16.1 Å². The molecule has 1 atom stereocenters. The topological polar surface area (TPSA) is 23.8 Å². The maximum absolute atomic E-state index is 7.14. The quantitative estimate of drug-likeness (QED) is 0.348. The number of hydrogen-bond donors (Lipinski definition) is 0. The molecule has 1 nitrogen and oxygen atoms in total. The van der Waals surface area contributed by atoms with E-state index in [0.29, 0.717) is 12.5 Å². The fourth-order valence-electron chi connectivity index (χ4n) is 1.44. The second-order valence-corrected chi connectivity index (χ2v) is 5.85. The van der Waals surface area contributed by atoms with Crippen LogP contribution in [0.5, 0.6) is 0 Å². The van der Waals surface area contributed by atoms with Gasteiger partial charge >= 0.3 is 25.8 Å². The van der Waals surface area contributed by atoms with Crippen LogP contribution in [0, 0.1) is 12.0 Å². The summed E-state index contributed by atoms with van der Waals surface area (Å²) in [4.78, 5) is 0. The van der Waals surface area contributed by atoms with Crippen molar-refractivity contribution in [2.75, 3.05) is 6.54 Å². The summed E-state index contributed by atoms with van der Waals surface area (Å²) in [6.07, 6.45) is 13.3. The fraction of sp³-hybridized carbons (Fsp3) is 0.750. The van der Waals surface area contributed by atoms with Crippen LogP contribution in [0.3, 0.4) is 0 Å². The van der Waals surface area contributed by atoms with Crippen LogP contribution in [-0.2, 0) is 25.8 Å². The molecule has 0 spiro atoms. The molecule has 1 radical (unpaired) electrons. The van der Waals surface area contributed by atoms with Crippen molar-refractivity contribution in [1.82, 2.24) is 0 Å². The SMILES string of the molecule is CC1=CC[C-]=C1.CCCCC(CC)C[NH-].C[SiH]C.[Cl-].[Cl-].[Hf+4]. The fourth-order valence-corrected chi connectivity index (χ4v) is 1.44. The van der Waals surface area contributed by atoms with E-state index in [1.54, 1.807) is 0 Å². The Bertz CT molecular complexity index is 218. The first-order valence-corrected chi connectivity index (χ1v) is 9.58. The van der Waals surface area contributed by atoms with Crippen molar-refractivity contribution in [3.63, 3.8) is 0 Å². The average molecular weight is 516 g/mol. The van der Waals surface area contributed by atoms with Gasteiger partial charge in [0.1, 0.15) is 0 Å². The van der Waals surface area contributed by atoms with Gasteiger partial charge in [-0.2, -0.15) is 6.08 Å². The Morgan fingerprint density at radius 2 is 1.81 bits per heavy atom. The van der Waals surface area contributed by atoms with Gasteiger partial charge in [-0.25, -0.2) is 11.6 Å². The number of rotatable bonds is 5. The first-order chi connectivity index (χ1) is 8.65. The minimum atomic E-state index is 0. The predicted octanol–water partition coefficient (Wildman–Crippen LogP) is -0.525. The Morgan fingerprint density at radius 3 is 2.00 bits per heavy atom. The Hall–Kier alpha value is 1.11. The largest absolute Gasteiger partial charge is 4.00 e. The summed E-state index contributed by atoms with van der Waals surface area (Å²) in [5, 5.41) is 0. The molecule has 1 rings (SSSR count). The molecule has 5 heteroatoms. The minimum absolute atomic E-state index is 0. The van der Waals surface area contributed by atoms with Crippen LogP contribution in [0.4, 0.5) is 0 Å². The normalized spacial score (nSPS) is 12.0. The van der Waals surface area contributed by atoms with Gasteiger partial charge in [0.15, 0.2) is 0 Å². The Kier molecular flexibility index (Phi) is 46.7. The molecule has 1 aliphatic rings. The summed E-state index contributed by atoms with van der Waals surface area (Å²) in [6.45, 7) is 11.5. The molecule has 1 N–H and O–H groups in total. The number of hydrogen-bond acceptors (Lipinski definition) is 0. The van der Waals surface area contributed by atoms with E-state index in [1.807, 2.05) is 6.08 Å². The van der Waals surface area contributed by atoms with Gasteiger partial charge < -0.3 is 30.5 Å². The second-order valence-electron chi connectivity index (χ2n) is 4.70. The molecule has 1 unspecified atom stereocenters. The molecule has 0 saturated carbocycles. The van der Waals surface area contributed by atoms with Crippen LogP contribution in [0.15, 0.2) is 17.7 Å². The summed E-state index contributed by atoms with van der Waals surface area (Å²) < 4.78 is 0. The summed E-state index contributed by atoms with van der Waals surface area (Å²) in [5.41, 5.74) is 8.48. The molecule has 0 aromatic carbocycles. The summed E-state index contributed by atoms with van der Waals surface area (Å²) in [5.74, 6) is 0.671. The monoisotopic (exact) mass is 516 g/mol. The van der Waals surface area contributed by atoms with Crippen LogP contribution in [0.1, 0.15) is 52.9 Å². The molecular weight excluding hydrogens is 484 g/mol. The molecule has 0 aromatic rings. The molecule has 0 heterocycles. The number of nitrogens with one attached hydrogen (secondary N) is 1. The zero-order chi connectivity index (χ0) is 14.2. The summed E-state index contributed by atoms with van der Waals surface area (Å²) >= 11 is 0. The van der Waals surface area contributed by atoms with Gasteiger partial charge in [0.2, 0.25) is 0 Å². The molecule has 0 aromatic heterocycles. The minimum Gasteiger partial charge on any atom is -1.00 e. The predicted molar refractivity (Wildman–Crippen MR) is 87.6 cm³/mol. The molecule has 0 fully saturated rings. The van der Waals surface area contributed by atoms with E-state index in [1.165, 1.54) is 31.3 Å². The van der Waals surface area contributed by atoms with Crippen molar-refractivity contribution in [3.05, 3.63) is 29.5 Å². The third-order valence-corrected chi connectivity index (χ3v) is 2.70. The van der Waals surface area contributed by atoms with Crippen molar-refractivity contribution in [3.8, 4) is 0 Å². The Morgan fingerprint density at radius 1 is 1.29 bits per heavy atom. The van der Waals surface area contributed by atoms with E-state index in [4.69, 9.17) is 5.73 Å². The van der Waals surface area contributed by atoms with Gasteiger partial charge in [-0.3, -0.25) is 6.08 Å². The summed E-state index contributed by atoms with van der Waals surface area (Å²) in [7, 11) is 0.750. The van der Waals surface area contributed by atoms with Crippen molar-refractivity contribution >= 4 is 9.52 Å². The molecular formula is C16H32Cl2HfNSi. The van der Waals surface area contributed by atoms with E-state index in [9.17, 15) is 0 Å². The van der Waals surface area contributed by atoms with Crippen molar-refractivity contribution < 1.29 is 50.7 Å². The van der Waals surface area contributed by atoms with Gasteiger partial charge in [0.05, 0.1) is 0 Å². The zero-order valence-corrected chi connectivity index (χ0v) is 20.6. The van der Waals surface area contributed by atoms with Crippen LogP contribution < -0.4 is 24.8 Å². The van der Waals surface area contributed by atoms with E-state index >= 15 is 0 Å². The van der Waals surface area contributed by atoms with Gasteiger partial charge in [-0.05, 0) is 0 Å². The summed E-state index contributed by atoms with van der Waals surface area (Å²) in [6, 6.07) is 0. The van der Waals surface area contributed by atoms with E-state index in [2.05, 4.69) is 46.0 Å². The number of allylic oxidation sites excluding steroid dienone is 4. The standard InChI is InChI=1S/C8H18N.C6H7.C2H7Si.2ClH.Hf/c1-3-5-6-8(4-2)7-9;1-6-4-2-3-5-6;1-3-2;;;/h8-9H,3-7H2,1-2H3;4-5H,2H2,1H3;3H,1-2H3;2*1H;/q2*-1;;;;+4/p-2. The maximum Gasteiger partial charge on any atom is 4.00 e.